The molecule has 2 aliphatic rings. The lowest BCUT2D eigenvalue weighted by Gasteiger charge is -2.31. The number of ether oxygens (including phenoxy) is 1. The average molecular weight is 364 g/mol. The highest BCUT2D eigenvalue weighted by molar-refractivity contribution is 5.89. The lowest BCUT2D eigenvalue weighted by molar-refractivity contribution is -0.172. The Morgan fingerprint density at radius 2 is 2.11 bits per heavy atom. The molecule has 7 nitrogen and oxygen atoms in total. The number of aromatic hydroxyl groups is 1. The van der Waals surface area contributed by atoms with Gasteiger partial charge in [0.1, 0.15) is 12.4 Å². The van der Waals surface area contributed by atoms with E-state index in [4.69, 9.17) is 4.74 Å². The fourth-order valence-electron chi connectivity index (χ4n) is 3.99. The molecular weight excluding hydrogens is 348 g/mol. The summed E-state index contributed by atoms with van der Waals surface area (Å²) in [5.74, 6) is -0.610. The molecule has 7 heteroatoms. The topological polar surface area (TPSA) is 102 Å². The first kappa shape index (κ1) is 16.0. The zero-order valence-corrected chi connectivity index (χ0v) is 14.5. The fourth-order valence-corrected chi connectivity index (χ4v) is 3.99. The summed E-state index contributed by atoms with van der Waals surface area (Å²) >= 11 is 0. The molecule has 27 heavy (non-hydrogen) atoms. The molecule has 3 aromatic rings. The Hall–Kier alpha value is -3.19. The monoisotopic (exact) mass is 364 g/mol. The van der Waals surface area contributed by atoms with E-state index < -0.39 is 11.6 Å². The summed E-state index contributed by atoms with van der Waals surface area (Å²) in [7, 11) is 0. The maximum Gasteiger partial charge on any atom is 0.343 e. The van der Waals surface area contributed by atoms with E-state index in [0.29, 0.717) is 40.0 Å². The number of benzene rings is 1. The van der Waals surface area contributed by atoms with Gasteiger partial charge in [-0.25, -0.2) is 9.78 Å². The SMILES string of the molecule is CCC1(O)C(=O)OCc2c1cc1n(c2=O)Cc2cc3c(O)cccc3nc2-1. The second-order valence-corrected chi connectivity index (χ2v) is 6.94. The van der Waals surface area contributed by atoms with Crippen molar-refractivity contribution in [1.82, 2.24) is 9.55 Å². The molecule has 0 saturated carbocycles. The second kappa shape index (κ2) is 5.17. The molecule has 2 aromatic heterocycles. The van der Waals surface area contributed by atoms with E-state index in [9.17, 15) is 19.8 Å². The van der Waals surface area contributed by atoms with Gasteiger partial charge in [-0.05, 0) is 30.7 Å². The van der Waals surface area contributed by atoms with Gasteiger partial charge in [0.05, 0.1) is 29.0 Å². The molecule has 1 unspecified atom stereocenters. The third-order valence-corrected chi connectivity index (χ3v) is 5.53. The summed E-state index contributed by atoms with van der Waals surface area (Å²) in [6.45, 7) is 1.83. The normalized spacial score (nSPS) is 20.1. The van der Waals surface area contributed by atoms with Crippen LogP contribution in [0.5, 0.6) is 5.75 Å². The molecular formula is C20H16N2O5. The average Bonchev–Trinajstić information content (AvgIpc) is 3.02. The summed E-state index contributed by atoms with van der Waals surface area (Å²) in [6, 6.07) is 8.58. The van der Waals surface area contributed by atoms with Gasteiger partial charge in [-0.1, -0.05) is 13.0 Å². The molecule has 0 aliphatic carbocycles. The van der Waals surface area contributed by atoms with Crippen LogP contribution < -0.4 is 5.56 Å². The van der Waals surface area contributed by atoms with Crippen LogP contribution in [0.15, 0.2) is 35.1 Å². The minimum absolute atomic E-state index is 0.105. The van der Waals surface area contributed by atoms with Crippen LogP contribution in [0, 0.1) is 0 Å². The third kappa shape index (κ3) is 1.97. The van der Waals surface area contributed by atoms with Crippen molar-refractivity contribution < 1.29 is 19.7 Å². The van der Waals surface area contributed by atoms with Gasteiger partial charge in [0.25, 0.3) is 5.56 Å². The van der Waals surface area contributed by atoms with Gasteiger partial charge < -0.3 is 19.5 Å². The quantitative estimate of drug-likeness (QED) is 0.499. The number of hydrogen-bond donors (Lipinski definition) is 2. The Morgan fingerprint density at radius 1 is 1.30 bits per heavy atom. The molecule has 1 aromatic carbocycles. The summed E-state index contributed by atoms with van der Waals surface area (Å²) in [6.07, 6.45) is 0.105. The maximum absolute atomic E-state index is 13.0. The number of carbonyl (C=O) groups is 1. The van der Waals surface area contributed by atoms with Gasteiger partial charge in [-0.15, -0.1) is 0 Å². The van der Waals surface area contributed by atoms with Crippen LogP contribution in [-0.4, -0.2) is 25.7 Å². The molecule has 0 spiro atoms. The number of fused-ring (bicyclic) bond motifs is 5. The highest BCUT2D eigenvalue weighted by Crippen LogP contribution is 2.39. The Kier molecular flexibility index (Phi) is 3.07. The standard InChI is InChI=1S/C20H16N2O5/c1-2-20(26)13-7-15-17-10(6-11-14(21-17)4-3-5-16(11)23)8-22(15)18(24)12(13)9-27-19(20)25/h3-7,23,26H,2,8-9H2,1H3. The van der Waals surface area contributed by atoms with E-state index in [1.165, 1.54) is 0 Å². The maximum atomic E-state index is 13.0. The van der Waals surface area contributed by atoms with E-state index >= 15 is 0 Å². The number of aromatic nitrogens is 2. The summed E-state index contributed by atoms with van der Waals surface area (Å²) in [5, 5.41) is 21.5. The molecule has 0 bridgehead atoms. The highest BCUT2D eigenvalue weighted by Gasteiger charge is 2.45. The number of cyclic esters (lactones) is 1. The minimum atomic E-state index is -1.83. The minimum Gasteiger partial charge on any atom is -0.507 e. The molecule has 136 valence electrons. The van der Waals surface area contributed by atoms with Crippen molar-refractivity contribution in [2.24, 2.45) is 0 Å². The largest absolute Gasteiger partial charge is 0.507 e. The highest BCUT2D eigenvalue weighted by atomic mass is 16.6. The van der Waals surface area contributed by atoms with Gasteiger partial charge in [0.2, 0.25) is 0 Å². The van der Waals surface area contributed by atoms with Crippen molar-refractivity contribution in [3.8, 4) is 17.1 Å². The molecule has 2 aliphatic heterocycles. The van der Waals surface area contributed by atoms with Crippen molar-refractivity contribution in [2.45, 2.75) is 32.1 Å². The number of nitrogens with zero attached hydrogens (tertiary/aromatic N) is 2. The molecule has 5 rings (SSSR count). The number of phenolic OH excluding ortho intramolecular Hbond substituents is 1. The lowest BCUT2D eigenvalue weighted by atomic mass is 9.86. The van der Waals surface area contributed by atoms with Crippen molar-refractivity contribution in [3.63, 3.8) is 0 Å². The van der Waals surface area contributed by atoms with Crippen molar-refractivity contribution >= 4 is 16.9 Å². The van der Waals surface area contributed by atoms with E-state index in [1.54, 1.807) is 35.8 Å². The Bertz CT molecular complexity index is 1210. The van der Waals surface area contributed by atoms with Gasteiger partial charge in [0, 0.05) is 16.5 Å². The molecule has 0 saturated heterocycles. The van der Waals surface area contributed by atoms with Crippen LogP contribution in [0.4, 0.5) is 0 Å². The first-order chi connectivity index (χ1) is 12.9. The van der Waals surface area contributed by atoms with Crippen molar-refractivity contribution in [3.05, 3.63) is 57.4 Å². The predicted molar refractivity (Wildman–Crippen MR) is 96.2 cm³/mol. The molecule has 1 atom stereocenters. The first-order valence-corrected chi connectivity index (χ1v) is 8.73. The van der Waals surface area contributed by atoms with Crippen LogP contribution in [0.1, 0.15) is 30.0 Å². The number of phenols is 1. The lowest BCUT2D eigenvalue weighted by Crippen LogP contribution is -2.44. The zero-order chi connectivity index (χ0) is 18.9. The van der Waals surface area contributed by atoms with E-state index in [0.717, 1.165) is 5.56 Å². The van der Waals surface area contributed by atoms with Gasteiger partial charge in [-0.2, -0.15) is 0 Å². The Morgan fingerprint density at radius 3 is 2.89 bits per heavy atom. The van der Waals surface area contributed by atoms with Crippen LogP contribution in [0.25, 0.3) is 22.3 Å². The molecule has 2 N–H and O–H groups in total. The zero-order valence-electron chi connectivity index (χ0n) is 14.5. The number of aliphatic hydroxyl groups is 1. The number of carbonyl (C=O) groups excluding carboxylic acids is 1. The summed E-state index contributed by atoms with van der Waals surface area (Å²) in [4.78, 5) is 29.8. The van der Waals surface area contributed by atoms with E-state index in [-0.39, 0.29) is 24.3 Å². The van der Waals surface area contributed by atoms with Crippen LogP contribution in [0.2, 0.25) is 0 Å². The van der Waals surface area contributed by atoms with Crippen LogP contribution >= 0.6 is 0 Å². The Labute approximate surface area is 153 Å². The predicted octanol–water partition coefficient (Wildman–Crippen LogP) is 1.79. The van der Waals surface area contributed by atoms with E-state index in [1.807, 2.05) is 6.07 Å². The van der Waals surface area contributed by atoms with E-state index in [2.05, 4.69) is 4.98 Å². The fraction of sp³-hybridized carbons (Fsp3) is 0.250. The van der Waals surface area contributed by atoms with Gasteiger partial charge >= 0.3 is 5.97 Å². The molecule has 0 radical (unpaired) electrons. The number of rotatable bonds is 1. The Balaban J connectivity index is 1.81. The number of pyridine rings is 2. The van der Waals surface area contributed by atoms with Gasteiger partial charge in [0.15, 0.2) is 5.60 Å². The van der Waals surface area contributed by atoms with Crippen molar-refractivity contribution in [2.75, 3.05) is 0 Å². The van der Waals surface area contributed by atoms with Crippen molar-refractivity contribution in [1.29, 1.82) is 0 Å². The molecule has 0 fully saturated rings. The second-order valence-electron chi connectivity index (χ2n) is 6.94. The molecule has 4 heterocycles. The third-order valence-electron chi connectivity index (χ3n) is 5.53. The number of hydrogen-bond acceptors (Lipinski definition) is 6. The first-order valence-electron chi connectivity index (χ1n) is 8.73. The van der Waals surface area contributed by atoms with Crippen LogP contribution in [-0.2, 0) is 28.3 Å². The van der Waals surface area contributed by atoms with Crippen LogP contribution in [0.3, 0.4) is 0 Å². The smallest absolute Gasteiger partial charge is 0.343 e. The summed E-state index contributed by atoms with van der Waals surface area (Å²) < 4.78 is 6.63. The summed E-state index contributed by atoms with van der Waals surface area (Å²) in [5.41, 5.74) is 1.04. The number of esters is 1. The van der Waals surface area contributed by atoms with Gasteiger partial charge in [-0.3, -0.25) is 4.79 Å². The molecule has 0 amide bonds.